The van der Waals surface area contributed by atoms with Crippen LogP contribution < -0.4 is 14.3 Å². The number of ether oxygens (including phenoxy) is 1. The Kier molecular flexibility index (Phi) is 4.05. The lowest BCUT2D eigenvalue weighted by Crippen LogP contribution is -2.15. The summed E-state index contributed by atoms with van der Waals surface area (Å²) in [5.41, 5.74) is -0.628. The fraction of sp³-hybridized carbons (Fsp3) is 0.0714. The van der Waals surface area contributed by atoms with Crippen molar-refractivity contribution in [1.29, 1.82) is 0 Å². The predicted molar refractivity (Wildman–Crippen MR) is 73.5 cm³/mol. The highest BCUT2D eigenvalue weighted by Gasteiger charge is 2.18. The van der Waals surface area contributed by atoms with Crippen molar-refractivity contribution in [1.82, 2.24) is 0 Å². The maximum atomic E-state index is 12.1. The van der Waals surface area contributed by atoms with Crippen molar-refractivity contribution in [2.45, 2.75) is 4.90 Å². The first-order valence-electron chi connectivity index (χ1n) is 5.71. The van der Waals surface area contributed by atoms with Gasteiger partial charge in [0.25, 0.3) is 5.43 Å². The summed E-state index contributed by atoms with van der Waals surface area (Å²) in [7, 11) is -2.72. The molecule has 6 heteroatoms. The van der Waals surface area contributed by atoms with E-state index in [-0.39, 0.29) is 16.4 Å². The third kappa shape index (κ3) is 2.97. The van der Waals surface area contributed by atoms with Gasteiger partial charge >= 0.3 is 10.1 Å². The molecule has 0 aliphatic heterocycles. The molecule has 0 spiro atoms. The van der Waals surface area contributed by atoms with Crippen molar-refractivity contribution in [2.75, 3.05) is 7.11 Å². The van der Waals surface area contributed by atoms with Gasteiger partial charge in [0.2, 0.25) is 0 Å². The summed E-state index contributed by atoms with van der Waals surface area (Å²) < 4.78 is 33.9. The summed E-state index contributed by atoms with van der Waals surface area (Å²) in [5, 5.41) is 0. The number of methoxy groups -OCH3 is 1. The standard InChI is InChI=1S/C14H12O5S/c1-18-12-9-5-6-10-13(14(12)15)19-20(16,17)11-7-3-2-4-8-11/h2-10H,1H3. The maximum Gasteiger partial charge on any atom is 0.339 e. The SMILES string of the molecule is COc1ccccc(OS(=O)(=O)c2ccccc2)c1=O. The van der Waals surface area contributed by atoms with E-state index in [4.69, 9.17) is 8.92 Å². The molecule has 0 aliphatic rings. The van der Waals surface area contributed by atoms with Gasteiger partial charge in [0.1, 0.15) is 4.90 Å². The lowest BCUT2D eigenvalue weighted by molar-refractivity contribution is 0.408. The second-order valence-electron chi connectivity index (χ2n) is 3.83. The van der Waals surface area contributed by atoms with Crippen LogP contribution in [0.5, 0.6) is 11.5 Å². The van der Waals surface area contributed by atoms with Gasteiger partial charge in [0.05, 0.1) is 7.11 Å². The van der Waals surface area contributed by atoms with Crippen molar-refractivity contribution >= 4 is 10.1 Å². The molecule has 5 nitrogen and oxygen atoms in total. The van der Waals surface area contributed by atoms with E-state index >= 15 is 0 Å². The largest absolute Gasteiger partial charge is 0.493 e. The highest BCUT2D eigenvalue weighted by atomic mass is 32.2. The zero-order valence-corrected chi connectivity index (χ0v) is 11.5. The van der Waals surface area contributed by atoms with Gasteiger partial charge in [-0.2, -0.15) is 8.42 Å². The molecule has 0 fully saturated rings. The van der Waals surface area contributed by atoms with Gasteiger partial charge < -0.3 is 8.92 Å². The number of hydrogen-bond acceptors (Lipinski definition) is 5. The Balaban J connectivity index is 2.46. The molecular formula is C14H12O5S. The van der Waals surface area contributed by atoms with Crippen LogP contribution >= 0.6 is 0 Å². The summed E-state index contributed by atoms with van der Waals surface area (Å²) in [5.74, 6) is -0.302. The minimum Gasteiger partial charge on any atom is -0.493 e. The molecule has 104 valence electrons. The van der Waals surface area contributed by atoms with E-state index < -0.39 is 15.5 Å². The van der Waals surface area contributed by atoms with Crippen LogP contribution in [0.15, 0.2) is 64.3 Å². The van der Waals surface area contributed by atoms with Gasteiger partial charge in [0, 0.05) is 0 Å². The highest BCUT2D eigenvalue weighted by Crippen LogP contribution is 2.16. The van der Waals surface area contributed by atoms with Crippen LogP contribution in [0.1, 0.15) is 0 Å². The normalized spacial score (nSPS) is 10.8. The second-order valence-corrected chi connectivity index (χ2v) is 5.38. The van der Waals surface area contributed by atoms with Crippen LogP contribution in [0, 0.1) is 0 Å². The first-order valence-corrected chi connectivity index (χ1v) is 7.12. The topological polar surface area (TPSA) is 69.7 Å². The summed E-state index contributed by atoms with van der Waals surface area (Å²) in [4.78, 5) is 12.0. The Morgan fingerprint density at radius 2 is 1.40 bits per heavy atom. The van der Waals surface area contributed by atoms with Crippen LogP contribution in [0.2, 0.25) is 0 Å². The first kappa shape index (κ1) is 14.1. The average Bonchev–Trinajstić information content (AvgIpc) is 2.62. The zero-order chi connectivity index (χ0) is 14.6. The lowest BCUT2D eigenvalue weighted by Gasteiger charge is -2.05. The zero-order valence-electron chi connectivity index (χ0n) is 10.6. The molecule has 0 bridgehead atoms. The van der Waals surface area contributed by atoms with Crippen LogP contribution in [-0.2, 0) is 10.1 Å². The molecule has 0 atom stereocenters. The fourth-order valence-electron chi connectivity index (χ4n) is 1.54. The smallest absolute Gasteiger partial charge is 0.339 e. The molecule has 0 amide bonds. The first-order chi connectivity index (χ1) is 9.54. The summed E-state index contributed by atoms with van der Waals surface area (Å²) >= 11 is 0. The van der Waals surface area contributed by atoms with E-state index in [9.17, 15) is 13.2 Å². The van der Waals surface area contributed by atoms with E-state index in [0.29, 0.717) is 0 Å². The Hall–Kier alpha value is -2.34. The van der Waals surface area contributed by atoms with Crippen LogP contribution in [0.3, 0.4) is 0 Å². The summed E-state index contributed by atoms with van der Waals surface area (Å²) in [6, 6.07) is 13.4. The van der Waals surface area contributed by atoms with Crippen molar-refractivity contribution < 1.29 is 17.3 Å². The van der Waals surface area contributed by atoms with E-state index in [0.717, 1.165) is 0 Å². The van der Waals surface area contributed by atoms with Crippen molar-refractivity contribution in [3.05, 3.63) is 64.8 Å². The summed E-state index contributed by atoms with van der Waals surface area (Å²) in [6.45, 7) is 0. The predicted octanol–water partition coefficient (Wildman–Crippen LogP) is 1.82. The minimum absolute atomic E-state index is 0.00765. The highest BCUT2D eigenvalue weighted by molar-refractivity contribution is 7.87. The molecule has 0 aromatic heterocycles. The molecule has 0 heterocycles. The second kappa shape index (κ2) is 5.75. The molecule has 0 saturated heterocycles. The lowest BCUT2D eigenvalue weighted by atomic mass is 10.4. The van der Waals surface area contributed by atoms with E-state index in [1.807, 2.05) is 0 Å². The molecular weight excluding hydrogens is 280 g/mol. The third-order valence-corrected chi connectivity index (χ3v) is 3.75. The maximum absolute atomic E-state index is 12.1. The molecule has 2 aromatic carbocycles. The molecule has 2 aromatic rings. The molecule has 20 heavy (non-hydrogen) atoms. The van der Waals surface area contributed by atoms with Crippen LogP contribution in [-0.4, -0.2) is 15.5 Å². The molecule has 0 aliphatic carbocycles. The Bertz CT molecular complexity index is 754. The van der Waals surface area contributed by atoms with Crippen molar-refractivity contribution in [3.63, 3.8) is 0 Å². The summed E-state index contributed by atoms with van der Waals surface area (Å²) in [6.07, 6.45) is 0. The Morgan fingerprint density at radius 3 is 2.00 bits per heavy atom. The van der Waals surface area contributed by atoms with Gasteiger partial charge in [0.15, 0.2) is 11.5 Å². The van der Waals surface area contributed by atoms with Crippen molar-refractivity contribution in [3.8, 4) is 11.5 Å². The van der Waals surface area contributed by atoms with E-state index in [2.05, 4.69) is 0 Å². The van der Waals surface area contributed by atoms with Gasteiger partial charge in [-0.1, -0.05) is 30.3 Å². The third-order valence-electron chi connectivity index (χ3n) is 2.51. The van der Waals surface area contributed by atoms with E-state index in [1.54, 1.807) is 24.3 Å². The monoisotopic (exact) mass is 292 g/mol. The molecule has 0 unspecified atom stereocenters. The minimum atomic E-state index is -4.05. The molecule has 0 radical (unpaired) electrons. The fourth-order valence-corrected chi connectivity index (χ4v) is 2.49. The quantitative estimate of drug-likeness (QED) is 0.804. The molecule has 2 rings (SSSR count). The van der Waals surface area contributed by atoms with Crippen LogP contribution in [0.4, 0.5) is 0 Å². The van der Waals surface area contributed by atoms with Gasteiger partial charge in [-0.05, 0) is 24.3 Å². The molecule has 0 saturated carbocycles. The number of benzene rings is 1. The van der Waals surface area contributed by atoms with E-state index in [1.165, 1.54) is 37.4 Å². The Labute approximate surface area is 116 Å². The molecule has 0 N–H and O–H groups in total. The van der Waals surface area contributed by atoms with Gasteiger partial charge in [-0.15, -0.1) is 0 Å². The average molecular weight is 292 g/mol. The number of rotatable bonds is 4. The van der Waals surface area contributed by atoms with Crippen molar-refractivity contribution in [2.24, 2.45) is 0 Å². The number of hydrogen-bond donors (Lipinski definition) is 0. The van der Waals surface area contributed by atoms with Gasteiger partial charge in [-0.3, -0.25) is 4.79 Å². The van der Waals surface area contributed by atoms with Crippen LogP contribution in [0.25, 0.3) is 0 Å². The Morgan fingerprint density at radius 1 is 0.850 bits per heavy atom. The van der Waals surface area contributed by atoms with Gasteiger partial charge in [-0.25, -0.2) is 0 Å².